The first-order chi connectivity index (χ1) is 9.99. The zero-order chi connectivity index (χ0) is 15.7. The van der Waals surface area contributed by atoms with Crippen LogP contribution in [0.1, 0.15) is 53.4 Å². The quantitative estimate of drug-likeness (QED) is 0.708. The summed E-state index contributed by atoms with van der Waals surface area (Å²) in [7, 11) is 0. The van der Waals surface area contributed by atoms with E-state index in [0.717, 1.165) is 39.0 Å². The number of hydrogen-bond donors (Lipinski definition) is 1. The standard InChI is InChI=1S/C17H34N2OS/c1-14(2)7-11-19(12-8-15(3)4)17(20)13-21-16-5-9-18-10-6-16/h14-16,18H,5-13H2,1-4H3. The molecule has 0 spiro atoms. The van der Waals surface area contributed by atoms with Gasteiger partial charge in [0.05, 0.1) is 5.75 Å². The molecule has 1 aliphatic rings. The van der Waals surface area contributed by atoms with Crippen LogP contribution >= 0.6 is 11.8 Å². The second kappa shape index (κ2) is 10.5. The summed E-state index contributed by atoms with van der Waals surface area (Å²) in [6.45, 7) is 13.0. The fraction of sp³-hybridized carbons (Fsp3) is 0.941. The number of carbonyl (C=O) groups is 1. The third-order valence-electron chi connectivity index (χ3n) is 4.03. The Labute approximate surface area is 135 Å². The van der Waals surface area contributed by atoms with Crippen LogP contribution in [0.25, 0.3) is 0 Å². The molecule has 4 heteroatoms. The van der Waals surface area contributed by atoms with Crippen LogP contribution in [0, 0.1) is 11.8 Å². The van der Waals surface area contributed by atoms with E-state index >= 15 is 0 Å². The van der Waals surface area contributed by atoms with E-state index in [1.807, 2.05) is 11.8 Å². The summed E-state index contributed by atoms with van der Waals surface area (Å²) in [5.41, 5.74) is 0. The van der Waals surface area contributed by atoms with Crippen molar-refractivity contribution in [2.24, 2.45) is 11.8 Å². The van der Waals surface area contributed by atoms with Crippen LogP contribution in [0.15, 0.2) is 0 Å². The summed E-state index contributed by atoms with van der Waals surface area (Å²) in [6, 6.07) is 0. The first-order valence-corrected chi connectivity index (χ1v) is 9.64. The van der Waals surface area contributed by atoms with Crippen LogP contribution in [-0.2, 0) is 4.79 Å². The van der Waals surface area contributed by atoms with Crippen molar-refractivity contribution in [3.63, 3.8) is 0 Å². The van der Waals surface area contributed by atoms with Crippen molar-refractivity contribution >= 4 is 17.7 Å². The SMILES string of the molecule is CC(C)CCN(CCC(C)C)C(=O)CSC1CCNCC1. The highest BCUT2D eigenvalue weighted by Gasteiger charge is 2.18. The predicted molar refractivity (Wildman–Crippen MR) is 93.8 cm³/mol. The van der Waals surface area contributed by atoms with Gasteiger partial charge in [0.15, 0.2) is 0 Å². The molecular weight excluding hydrogens is 280 g/mol. The summed E-state index contributed by atoms with van der Waals surface area (Å²) < 4.78 is 0. The van der Waals surface area contributed by atoms with Gasteiger partial charge in [-0.1, -0.05) is 27.7 Å². The molecule has 3 nitrogen and oxygen atoms in total. The zero-order valence-corrected chi connectivity index (χ0v) is 15.2. The van der Waals surface area contributed by atoms with Gasteiger partial charge in [-0.3, -0.25) is 4.79 Å². The Hall–Kier alpha value is -0.220. The van der Waals surface area contributed by atoms with Gasteiger partial charge < -0.3 is 10.2 Å². The van der Waals surface area contributed by atoms with E-state index in [1.165, 1.54) is 12.8 Å². The van der Waals surface area contributed by atoms with Gasteiger partial charge in [-0.15, -0.1) is 11.8 Å². The van der Waals surface area contributed by atoms with Gasteiger partial charge >= 0.3 is 0 Å². The van der Waals surface area contributed by atoms with E-state index < -0.39 is 0 Å². The number of piperidine rings is 1. The Morgan fingerprint density at radius 3 is 2.10 bits per heavy atom. The summed E-state index contributed by atoms with van der Waals surface area (Å²) in [6.07, 6.45) is 4.63. The number of rotatable bonds is 9. The molecule has 0 aromatic heterocycles. The van der Waals surface area contributed by atoms with Crippen molar-refractivity contribution in [3.05, 3.63) is 0 Å². The highest BCUT2D eigenvalue weighted by atomic mass is 32.2. The van der Waals surface area contributed by atoms with Crippen molar-refractivity contribution in [3.8, 4) is 0 Å². The molecular formula is C17H34N2OS. The second-order valence-corrected chi connectivity index (χ2v) is 8.29. The maximum Gasteiger partial charge on any atom is 0.232 e. The fourth-order valence-corrected chi connectivity index (χ4v) is 3.56. The highest BCUT2D eigenvalue weighted by molar-refractivity contribution is 8.00. The molecule has 124 valence electrons. The van der Waals surface area contributed by atoms with Gasteiger partial charge in [-0.05, 0) is 50.6 Å². The van der Waals surface area contributed by atoms with Gasteiger partial charge in [0.1, 0.15) is 0 Å². The lowest BCUT2D eigenvalue weighted by Crippen LogP contribution is -2.36. The van der Waals surface area contributed by atoms with Gasteiger partial charge in [-0.25, -0.2) is 0 Å². The topological polar surface area (TPSA) is 32.3 Å². The molecule has 0 atom stereocenters. The lowest BCUT2D eigenvalue weighted by Gasteiger charge is -2.26. The van der Waals surface area contributed by atoms with Crippen LogP contribution in [-0.4, -0.2) is 48.0 Å². The molecule has 1 aliphatic heterocycles. The Morgan fingerprint density at radius 1 is 1.10 bits per heavy atom. The third kappa shape index (κ3) is 8.72. The van der Waals surface area contributed by atoms with E-state index in [-0.39, 0.29) is 0 Å². The average Bonchev–Trinajstić information content (AvgIpc) is 2.45. The van der Waals surface area contributed by atoms with Crippen LogP contribution < -0.4 is 5.32 Å². The average molecular weight is 315 g/mol. The largest absolute Gasteiger partial charge is 0.342 e. The van der Waals surface area contributed by atoms with E-state index in [4.69, 9.17) is 0 Å². The monoisotopic (exact) mass is 314 g/mol. The summed E-state index contributed by atoms with van der Waals surface area (Å²) in [5.74, 6) is 2.34. The lowest BCUT2D eigenvalue weighted by atomic mass is 10.1. The minimum atomic E-state index is 0.347. The number of thioether (sulfide) groups is 1. The number of carbonyl (C=O) groups excluding carboxylic acids is 1. The Balaban J connectivity index is 2.36. The molecule has 0 bridgehead atoms. The molecule has 21 heavy (non-hydrogen) atoms. The molecule has 1 heterocycles. The minimum absolute atomic E-state index is 0.347. The van der Waals surface area contributed by atoms with Crippen LogP contribution in [0.4, 0.5) is 0 Å². The molecule has 0 unspecified atom stereocenters. The first-order valence-electron chi connectivity index (χ1n) is 8.59. The van der Waals surface area contributed by atoms with Crippen molar-refractivity contribution in [2.45, 2.75) is 58.6 Å². The maximum atomic E-state index is 12.5. The van der Waals surface area contributed by atoms with Gasteiger partial charge in [-0.2, -0.15) is 0 Å². The molecule has 0 aromatic rings. The molecule has 1 N–H and O–H groups in total. The van der Waals surface area contributed by atoms with Crippen molar-refractivity contribution in [2.75, 3.05) is 31.9 Å². The number of hydrogen-bond acceptors (Lipinski definition) is 3. The van der Waals surface area contributed by atoms with Crippen LogP contribution in [0.5, 0.6) is 0 Å². The smallest absolute Gasteiger partial charge is 0.232 e. The molecule has 0 aromatic carbocycles. The molecule has 1 amide bonds. The minimum Gasteiger partial charge on any atom is -0.342 e. The van der Waals surface area contributed by atoms with Gasteiger partial charge in [0.2, 0.25) is 5.91 Å². The molecule has 0 radical (unpaired) electrons. The van der Waals surface area contributed by atoms with Crippen molar-refractivity contribution in [1.29, 1.82) is 0 Å². The first kappa shape index (κ1) is 18.8. The normalized spacial score (nSPS) is 16.7. The summed E-state index contributed by atoms with van der Waals surface area (Å²) in [4.78, 5) is 14.6. The Bertz CT molecular complexity index is 277. The third-order valence-corrected chi connectivity index (χ3v) is 5.39. The fourth-order valence-electron chi connectivity index (χ4n) is 2.43. The molecule has 1 fully saturated rings. The van der Waals surface area contributed by atoms with E-state index in [0.29, 0.717) is 28.7 Å². The van der Waals surface area contributed by atoms with Gasteiger partial charge in [0, 0.05) is 18.3 Å². The number of nitrogens with zero attached hydrogens (tertiary/aromatic N) is 1. The van der Waals surface area contributed by atoms with Crippen molar-refractivity contribution < 1.29 is 4.79 Å². The van der Waals surface area contributed by atoms with E-state index in [9.17, 15) is 4.79 Å². The van der Waals surface area contributed by atoms with Crippen LogP contribution in [0.2, 0.25) is 0 Å². The van der Waals surface area contributed by atoms with Gasteiger partial charge in [0.25, 0.3) is 0 Å². The Kier molecular flexibility index (Phi) is 9.41. The lowest BCUT2D eigenvalue weighted by molar-refractivity contribution is -0.128. The maximum absolute atomic E-state index is 12.5. The number of nitrogens with one attached hydrogen (secondary N) is 1. The molecule has 1 rings (SSSR count). The highest BCUT2D eigenvalue weighted by Crippen LogP contribution is 2.21. The second-order valence-electron chi connectivity index (χ2n) is 7.01. The summed E-state index contributed by atoms with van der Waals surface area (Å²) >= 11 is 1.87. The zero-order valence-electron chi connectivity index (χ0n) is 14.4. The molecule has 0 saturated carbocycles. The summed E-state index contributed by atoms with van der Waals surface area (Å²) in [5, 5.41) is 4.06. The van der Waals surface area contributed by atoms with E-state index in [1.54, 1.807) is 0 Å². The predicted octanol–water partition coefficient (Wildman–Crippen LogP) is 3.39. The van der Waals surface area contributed by atoms with Crippen molar-refractivity contribution in [1.82, 2.24) is 10.2 Å². The Morgan fingerprint density at radius 2 is 1.62 bits per heavy atom. The van der Waals surface area contributed by atoms with E-state index in [2.05, 4.69) is 37.9 Å². The molecule has 1 saturated heterocycles. The van der Waals surface area contributed by atoms with Crippen LogP contribution in [0.3, 0.4) is 0 Å². The molecule has 0 aliphatic carbocycles. The number of amides is 1.